The second kappa shape index (κ2) is 8.88. The average molecular weight is 388 g/mol. The van der Waals surface area contributed by atoms with Gasteiger partial charge in [0.2, 0.25) is 5.91 Å². The van der Waals surface area contributed by atoms with E-state index in [2.05, 4.69) is 58.6 Å². The topological polar surface area (TPSA) is 77.7 Å². The minimum atomic E-state index is 0.0537. The standard InChI is InChI=1S/C21H33N5O2/c1-3-11-26-20(25-19(4-2)28-26)15-5-7-17-14(12-15)6-8-18(17)24-21(27)16-9-10-22-23-13-16/h5,7,12,16,18-20,22-23,25H,3-4,6,8-11,13H2,1-2H3,(H,24,27)/t16?,18-,19?,20?/m1/s1. The van der Waals surface area contributed by atoms with Gasteiger partial charge in [0.25, 0.3) is 0 Å². The van der Waals surface area contributed by atoms with Gasteiger partial charge in [-0.25, -0.2) is 0 Å². The van der Waals surface area contributed by atoms with Crippen LogP contribution >= 0.6 is 0 Å². The summed E-state index contributed by atoms with van der Waals surface area (Å²) in [4.78, 5) is 18.6. The van der Waals surface area contributed by atoms with E-state index >= 15 is 0 Å². The Bertz CT molecular complexity index is 691. The molecule has 0 aromatic heterocycles. The second-order valence-corrected chi connectivity index (χ2v) is 8.06. The molecule has 4 atom stereocenters. The SMILES string of the molecule is CCCN1OC(CC)NC1c1ccc2c(c1)CC[C@H]2NC(=O)C1CCNNC1. The highest BCUT2D eigenvalue weighted by Gasteiger charge is 2.34. The van der Waals surface area contributed by atoms with Crippen LogP contribution in [-0.2, 0) is 16.1 Å². The number of benzene rings is 1. The van der Waals surface area contributed by atoms with Crippen molar-refractivity contribution in [3.8, 4) is 0 Å². The Labute approximate surface area is 167 Å². The van der Waals surface area contributed by atoms with Gasteiger partial charge in [-0.1, -0.05) is 32.0 Å². The Kier molecular flexibility index (Phi) is 6.28. The molecular weight excluding hydrogens is 354 g/mol. The van der Waals surface area contributed by atoms with E-state index in [-0.39, 0.29) is 30.3 Å². The van der Waals surface area contributed by atoms with E-state index in [1.165, 1.54) is 16.7 Å². The predicted octanol–water partition coefficient (Wildman–Crippen LogP) is 1.89. The van der Waals surface area contributed by atoms with Crippen LogP contribution in [0.1, 0.15) is 68.4 Å². The van der Waals surface area contributed by atoms with E-state index in [0.717, 1.165) is 45.2 Å². The summed E-state index contributed by atoms with van der Waals surface area (Å²) in [5, 5.41) is 8.95. The van der Waals surface area contributed by atoms with Gasteiger partial charge in [-0.15, -0.1) is 0 Å². The molecule has 1 aromatic carbocycles. The molecule has 2 heterocycles. The summed E-state index contributed by atoms with van der Waals surface area (Å²) >= 11 is 0. The van der Waals surface area contributed by atoms with E-state index in [1.807, 2.05) is 0 Å². The Morgan fingerprint density at radius 1 is 1.29 bits per heavy atom. The number of hydrogen-bond acceptors (Lipinski definition) is 6. The molecule has 0 bridgehead atoms. The molecule has 3 unspecified atom stereocenters. The lowest BCUT2D eigenvalue weighted by molar-refractivity contribution is -0.163. The first-order valence-corrected chi connectivity index (χ1v) is 10.8. The van der Waals surface area contributed by atoms with Crippen molar-refractivity contribution in [3.63, 3.8) is 0 Å². The molecule has 0 spiro atoms. The Balaban J connectivity index is 1.45. The largest absolute Gasteiger partial charge is 0.349 e. The van der Waals surface area contributed by atoms with Crippen molar-refractivity contribution in [2.24, 2.45) is 5.92 Å². The van der Waals surface area contributed by atoms with Gasteiger partial charge < -0.3 is 5.32 Å². The van der Waals surface area contributed by atoms with Crippen molar-refractivity contribution in [2.45, 2.75) is 64.4 Å². The normalized spacial score (nSPS) is 30.4. The van der Waals surface area contributed by atoms with E-state index in [4.69, 9.17) is 4.84 Å². The van der Waals surface area contributed by atoms with Gasteiger partial charge in [0, 0.05) is 19.6 Å². The van der Waals surface area contributed by atoms with Crippen LogP contribution in [0.15, 0.2) is 18.2 Å². The Morgan fingerprint density at radius 2 is 2.18 bits per heavy atom. The zero-order valence-corrected chi connectivity index (χ0v) is 17.0. The summed E-state index contributed by atoms with van der Waals surface area (Å²) in [5.41, 5.74) is 10.0. The lowest BCUT2D eigenvalue weighted by Gasteiger charge is -2.25. The third kappa shape index (κ3) is 4.09. The lowest BCUT2D eigenvalue weighted by atomic mass is 10.0. The number of amides is 1. The quantitative estimate of drug-likeness (QED) is 0.597. The van der Waals surface area contributed by atoms with Gasteiger partial charge >= 0.3 is 0 Å². The highest BCUT2D eigenvalue weighted by atomic mass is 16.7. The molecule has 1 aromatic rings. The molecule has 1 aliphatic carbocycles. The van der Waals surface area contributed by atoms with Crippen LogP contribution in [0, 0.1) is 5.92 Å². The maximum Gasteiger partial charge on any atom is 0.224 e. The molecule has 1 amide bonds. The molecule has 7 heteroatoms. The number of nitrogens with zero attached hydrogens (tertiary/aromatic N) is 1. The summed E-state index contributed by atoms with van der Waals surface area (Å²) in [5.74, 6) is 0.222. The maximum atomic E-state index is 12.6. The Hall–Kier alpha value is -1.51. The van der Waals surface area contributed by atoms with Crippen molar-refractivity contribution >= 4 is 5.91 Å². The first kappa shape index (κ1) is 19.8. The first-order chi connectivity index (χ1) is 13.7. The zero-order chi connectivity index (χ0) is 19.5. The lowest BCUT2D eigenvalue weighted by Crippen LogP contribution is -2.48. The average Bonchev–Trinajstić information content (AvgIpc) is 3.32. The number of hydroxylamine groups is 2. The minimum absolute atomic E-state index is 0.0537. The maximum absolute atomic E-state index is 12.6. The molecule has 4 N–H and O–H groups in total. The molecule has 2 aliphatic heterocycles. The van der Waals surface area contributed by atoms with Crippen molar-refractivity contribution in [1.82, 2.24) is 26.5 Å². The highest BCUT2D eigenvalue weighted by molar-refractivity contribution is 5.79. The molecule has 28 heavy (non-hydrogen) atoms. The van der Waals surface area contributed by atoms with Gasteiger partial charge in [-0.2, -0.15) is 5.06 Å². The van der Waals surface area contributed by atoms with Crippen molar-refractivity contribution in [3.05, 3.63) is 34.9 Å². The Morgan fingerprint density at radius 3 is 2.93 bits per heavy atom. The summed E-state index contributed by atoms with van der Waals surface area (Å²) in [6, 6.07) is 6.83. The van der Waals surface area contributed by atoms with Gasteiger partial charge in [0.1, 0.15) is 12.4 Å². The van der Waals surface area contributed by atoms with Crippen molar-refractivity contribution < 1.29 is 9.63 Å². The van der Waals surface area contributed by atoms with Gasteiger partial charge in [-0.05, 0) is 48.8 Å². The number of rotatable bonds is 6. The molecular formula is C21H33N5O2. The van der Waals surface area contributed by atoms with E-state index in [9.17, 15) is 4.79 Å². The second-order valence-electron chi connectivity index (χ2n) is 8.06. The minimum Gasteiger partial charge on any atom is -0.349 e. The number of carbonyl (C=O) groups excluding carboxylic acids is 1. The third-order valence-corrected chi connectivity index (χ3v) is 6.05. The monoisotopic (exact) mass is 387 g/mol. The number of nitrogens with one attached hydrogen (secondary N) is 4. The number of fused-ring (bicyclic) bond motifs is 1. The number of hydrazine groups is 1. The molecule has 154 valence electrons. The number of aryl methyl sites for hydroxylation is 1. The number of carbonyl (C=O) groups is 1. The summed E-state index contributed by atoms with van der Waals surface area (Å²) in [7, 11) is 0. The van der Waals surface area contributed by atoms with Gasteiger partial charge in [0.05, 0.1) is 12.0 Å². The highest BCUT2D eigenvalue weighted by Crippen LogP contribution is 2.35. The summed E-state index contributed by atoms with van der Waals surface area (Å²) in [6.45, 7) is 6.76. The predicted molar refractivity (Wildman–Crippen MR) is 108 cm³/mol. The summed E-state index contributed by atoms with van der Waals surface area (Å²) < 4.78 is 0. The van der Waals surface area contributed by atoms with E-state index in [0.29, 0.717) is 6.54 Å². The fraction of sp³-hybridized carbons (Fsp3) is 0.667. The number of hydrogen-bond donors (Lipinski definition) is 4. The molecule has 3 aliphatic rings. The third-order valence-electron chi connectivity index (χ3n) is 6.05. The van der Waals surface area contributed by atoms with E-state index < -0.39 is 0 Å². The van der Waals surface area contributed by atoms with Crippen LogP contribution in [0.5, 0.6) is 0 Å². The smallest absolute Gasteiger partial charge is 0.224 e. The zero-order valence-electron chi connectivity index (χ0n) is 17.0. The summed E-state index contributed by atoms with van der Waals surface area (Å²) in [6.07, 6.45) is 5.06. The van der Waals surface area contributed by atoms with Crippen LogP contribution in [0.3, 0.4) is 0 Å². The van der Waals surface area contributed by atoms with Crippen LogP contribution in [0.4, 0.5) is 0 Å². The van der Waals surface area contributed by atoms with Crippen molar-refractivity contribution in [1.29, 1.82) is 0 Å². The van der Waals surface area contributed by atoms with Crippen LogP contribution in [0.2, 0.25) is 0 Å². The molecule has 2 fully saturated rings. The molecule has 0 saturated carbocycles. The van der Waals surface area contributed by atoms with Crippen LogP contribution in [0.25, 0.3) is 0 Å². The molecule has 7 nitrogen and oxygen atoms in total. The van der Waals surface area contributed by atoms with Crippen LogP contribution < -0.4 is 21.5 Å². The van der Waals surface area contributed by atoms with Gasteiger partial charge in [0.15, 0.2) is 0 Å². The molecule has 0 radical (unpaired) electrons. The fourth-order valence-corrected chi connectivity index (χ4v) is 4.47. The van der Waals surface area contributed by atoms with E-state index in [1.54, 1.807) is 0 Å². The van der Waals surface area contributed by atoms with Crippen LogP contribution in [-0.4, -0.2) is 36.8 Å². The van der Waals surface area contributed by atoms with Crippen molar-refractivity contribution in [2.75, 3.05) is 19.6 Å². The first-order valence-electron chi connectivity index (χ1n) is 10.8. The van der Waals surface area contributed by atoms with Gasteiger partial charge in [-0.3, -0.25) is 25.8 Å². The molecule has 4 rings (SSSR count). The molecule has 2 saturated heterocycles. The fourth-order valence-electron chi connectivity index (χ4n) is 4.47.